The quantitative estimate of drug-likeness (QED) is 0.437. The molecular formula is C17H41N3O3Si. The maximum Gasteiger partial charge on any atom is 0.500 e. The topological polar surface area (TPSA) is 37.4 Å². The van der Waals surface area contributed by atoms with Crippen molar-refractivity contribution >= 4 is 8.80 Å². The molecule has 0 aliphatic rings. The zero-order valence-electron chi connectivity index (χ0n) is 17.5. The monoisotopic (exact) mass is 363 g/mol. The van der Waals surface area contributed by atoms with Gasteiger partial charge < -0.3 is 28.0 Å². The van der Waals surface area contributed by atoms with Crippen molar-refractivity contribution in [1.82, 2.24) is 14.7 Å². The maximum absolute atomic E-state index is 5.78. The first-order valence-electron chi connectivity index (χ1n) is 8.97. The molecule has 0 atom stereocenters. The third-order valence-electron chi connectivity index (χ3n) is 4.96. The highest BCUT2D eigenvalue weighted by atomic mass is 28.4. The normalized spacial score (nSPS) is 13.5. The smallest absolute Gasteiger partial charge is 0.377 e. The number of hydrogen-bond donors (Lipinski definition) is 0. The van der Waals surface area contributed by atoms with Crippen LogP contribution in [-0.4, -0.2) is 105 Å². The van der Waals surface area contributed by atoms with Gasteiger partial charge in [-0.3, -0.25) is 0 Å². The Kier molecular flexibility index (Phi) is 11.6. The molecule has 0 saturated carbocycles. The molecule has 0 fully saturated rings. The van der Waals surface area contributed by atoms with Crippen LogP contribution in [0.3, 0.4) is 0 Å². The number of hydrogen-bond acceptors (Lipinski definition) is 6. The van der Waals surface area contributed by atoms with Crippen LogP contribution in [0.5, 0.6) is 0 Å². The first kappa shape index (κ1) is 24.0. The van der Waals surface area contributed by atoms with Gasteiger partial charge in [0.1, 0.15) is 0 Å². The zero-order valence-corrected chi connectivity index (χ0v) is 18.5. The second kappa shape index (κ2) is 11.6. The summed E-state index contributed by atoms with van der Waals surface area (Å²) in [5.74, 6) is 0. The number of rotatable bonds is 14. The SMILES string of the molecule is CCN(C)CC(CN(C)CC)(CN(C)CC)C[Si](OC)(OC)OC. The summed E-state index contributed by atoms with van der Waals surface area (Å²) in [6.45, 7) is 12.6. The summed E-state index contributed by atoms with van der Waals surface area (Å²) in [6, 6.07) is 0.808. The van der Waals surface area contributed by atoms with E-state index in [-0.39, 0.29) is 5.41 Å². The lowest BCUT2D eigenvalue weighted by atomic mass is 9.88. The molecule has 0 bridgehead atoms. The Bertz CT molecular complexity index is 291. The molecular weight excluding hydrogens is 322 g/mol. The third kappa shape index (κ3) is 7.47. The van der Waals surface area contributed by atoms with E-state index in [9.17, 15) is 0 Å². The van der Waals surface area contributed by atoms with E-state index in [1.54, 1.807) is 21.3 Å². The van der Waals surface area contributed by atoms with Crippen molar-refractivity contribution in [2.45, 2.75) is 26.8 Å². The highest BCUT2D eigenvalue weighted by Gasteiger charge is 2.48. The molecule has 0 unspecified atom stereocenters. The van der Waals surface area contributed by atoms with Crippen molar-refractivity contribution in [3.8, 4) is 0 Å². The van der Waals surface area contributed by atoms with Gasteiger partial charge in [-0.15, -0.1) is 0 Å². The van der Waals surface area contributed by atoms with Gasteiger partial charge in [0, 0.05) is 52.4 Å². The Morgan fingerprint density at radius 1 is 0.667 bits per heavy atom. The molecule has 0 aliphatic carbocycles. The van der Waals surface area contributed by atoms with Crippen molar-refractivity contribution in [3.63, 3.8) is 0 Å². The Labute approximate surface area is 151 Å². The summed E-state index contributed by atoms with van der Waals surface area (Å²) in [6.07, 6.45) is 0. The fraction of sp³-hybridized carbons (Fsp3) is 1.00. The van der Waals surface area contributed by atoms with Gasteiger partial charge in [0.05, 0.1) is 0 Å². The van der Waals surface area contributed by atoms with Crippen LogP contribution in [0.1, 0.15) is 20.8 Å². The molecule has 0 aromatic heterocycles. The molecule has 0 rings (SSSR count). The van der Waals surface area contributed by atoms with Crippen LogP contribution < -0.4 is 0 Å². The van der Waals surface area contributed by atoms with Crippen LogP contribution in [0.4, 0.5) is 0 Å². The molecule has 0 N–H and O–H groups in total. The van der Waals surface area contributed by atoms with Gasteiger partial charge in [-0.2, -0.15) is 0 Å². The average Bonchev–Trinajstić information content (AvgIpc) is 2.59. The fourth-order valence-corrected chi connectivity index (χ4v) is 5.48. The lowest BCUT2D eigenvalue weighted by Gasteiger charge is -2.44. The molecule has 0 saturated heterocycles. The van der Waals surface area contributed by atoms with Gasteiger partial charge in [0.2, 0.25) is 0 Å². The lowest BCUT2D eigenvalue weighted by Crippen LogP contribution is -2.56. The lowest BCUT2D eigenvalue weighted by molar-refractivity contribution is 0.0598. The van der Waals surface area contributed by atoms with E-state index in [1.807, 2.05) is 0 Å². The molecule has 7 heteroatoms. The van der Waals surface area contributed by atoms with Gasteiger partial charge in [-0.05, 0) is 40.8 Å². The Morgan fingerprint density at radius 3 is 1.17 bits per heavy atom. The second-order valence-electron chi connectivity index (χ2n) is 6.96. The zero-order chi connectivity index (χ0) is 18.8. The summed E-state index contributed by atoms with van der Waals surface area (Å²) < 4.78 is 17.3. The first-order valence-corrected chi connectivity index (χ1v) is 10.9. The van der Waals surface area contributed by atoms with Crippen LogP contribution in [0.2, 0.25) is 6.04 Å². The van der Waals surface area contributed by atoms with Crippen molar-refractivity contribution in [3.05, 3.63) is 0 Å². The predicted octanol–water partition coefficient (Wildman–Crippen LogP) is 1.71. The van der Waals surface area contributed by atoms with Crippen molar-refractivity contribution in [1.29, 1.82) is 0 Å². The molecule has 0 heterocycles. The van der Waals surface area contributed by atoms with E-state index in [2.05, 4.69) is 56.6 Å². The molecule has 0 radical (unpaired) electrons. The second-order valence-corrected chi connectivity index (χ2v) is 9.91. The molecule has 0 amide bonds. The third-order valence-corrected chi connectivity index (χ3v) is 8.01. The van der Waals surface area contributed by atoms with E-state index in [0.717, 1.165) is 45.3 Å². The van der Waals surface area contributed by atoms with Crippen LogP contribution in [0.25, 0.3) is 0 Å². The van der Waals surface area contributed by atoms with E-state index < -0.39 is 8.80 Å². The van der Waals surface area contributed by atoms with Crippen LogP contribution in [0, 0.1) is 5.41 Å². The summed E-state index contributed by atoms with van der Waals surface area (Å²) >= 11 is 0. The minimum atomic E-state index is -2.67. The van der Waals surface area contributed by atoms with Gasteiger partial charge in [-0.25, -0.2) is 0 Å². The summed E-state index contributed by atoms with van der Waals surface area (Å²) in [5.41, 5.74) is 0.0224. The summed E-state index contributed by atoms with van der Waals surface area (Å²) in [5, 5.41) is 0. The Hall–Kier alpha value is -0.0231. The summed E-state index contributed by atoms with van der Waals surface area (Å²) in [4.78, 5) is 7.15. The van der Waals surface area contributed by atoms with Crippen LogP contribution in [-0.2, 0) is 13.3 Å². The van der Waals surface area contributed by atoms with Crippen molar-refractivity contribution in [2.75, 3.05) is 81.7 Å². The molecule has 0 aliphatic heterocycles. The first-order chi connectivity index (χ1) is 11.3. The van der Waals surface area contributed by atoms with Crippen LogP contribution >= 0.6 is 0 Å². The molecule has 6 nitrogen and oxygen atoms in total. The van der Waals surface area contributed by atoms with Crippen molar-refractivity contribution < 1.29 is 13.3 Å². The van der Waals surface area contributed by atoms with Gasteiger partial charge in [0.15, 0.2) is 0 Å². The minimum Gasteiger partial charge on any atom is -0.377 e. The molecule has 146 valence electrons. The molecule has 0 aromatic rings. The minimum absolute atomic E-state index is 0.0224. The van der Waals surface area contributed by atoms with E-state index in [0.29, 0.717) is 0 Å². The van der Waals surface area contributed by atoms with Gasteiger partial charge in [0.25, 0.3) is 0 Å². The summed E-state index contributed by atoms with van der Waals surface area (Å²) in [7, 11) is 9.00. The van der Waals surface area contributed by atoms with E-state index in [1.165, 1.54) is 0 Å². The predicted molar refractivity (Wildman–Crippen MR) is 104 cm³/mol. The Balaban J connectivity index is 5.73. The highest BCUT2D eigenvalue weighted by molar-refractivity contribution is 6.60. The highest BCUT2D eigenvalue weighted by Crippen LogP contribution is 2.33. The van der Waals surface area contributed by atoms with Crippen LogP contribution in [0.15, 0.2) is 0 Å². The number of nitrogens with zero attached hydrogens (tertiary/aromatic N) is 3. The average molecular weight is 364 g/mol. The van der Waals surface area contributed by atoms with Gasteiger partial charge in [-0.1, -0.05) is 20.8 Å². The van der Waals surface area contributed by atoms with E-state index >= 15 is 0 Å². The standard InChI is InChI=1S/C17H41N3O3Si/c1-10-18(4)13-17(14-19(5)11-2,15-20(6)12-3)16-24(21-7,22-8)23-9/h10-16H2,1-9H3. The maximum atomic E-state index is 5.78. The molecule has 0 aromatic carbocycles. The van der Waals surface area contributed by atoms with Gasteiger partial charge >= 0.3 is 8.80 Å². The molecule has 24 heavy (non-hydrogen) atoms. The Morgan fingerprint density at radius 2 is 0.958 bits per heavy atom. The fourth-order valence-electron chi connectivity index (χ4n) is 3.30. The molecule has 0 spiro atoms. The van der Waals surface area contributed by atoms with E-state index in [4.69, 9.17) is 13.3 Å². The van der Waals surface area contributed by atoms with Crippen molar-refractivity contribution in [2.24, 2.45) is 5.41 Å². The largest absolute Gasteiger partial charge is 0.500 e.